The second-order valence-electron chi connectivity index (χ2n) is 3.65. The van der Waals surface area contributed by atoms with Crippen molar-refractivity contribution in [3.05, 3.63) is 28.2 Å². The van der Waals surface area contributed by atoms with Crippen molar-refractivity contribution in [3.8, 4) is 0 Å². The first-order valence-corrected chi connectivity index (χ1v) is 5.80. The Morgan fingerprint density at radius 1 is 1.33 bits per heavy atom. The number of para-hydroxylation sites is 1. The van der Waals surface area contributed by atoms with Crippen LogP contribution in [0.15, 0.2) is 18.2 Å². The van der Waals surface area contributed by atoms with Crippen LogP contribution in [0.4, 0.5) is 10.5 Å². The van der Waals surface area contributed by atoms with Crippen LogP contribution in [0.1, 0.15) is 6.92 Å². The van der Waals surface area contributed by atoms with Gasteiger partial charge in [-0.25, -0.2) is 9.59 Å². The molecule has 2 N–H and O–H groups in total. The van der Waals surface area contributed by atoms with Crippen LogP contribution in [-0.4, -0.2) is 35.1 Å². The molecule has 0 aliphatic carbocycles. The van der Waals surface area contributed by atoms with E-state index in [4.69, 9.17) is 28.3 Å². The fourth-order valence-electron chi connectivity index (χ4n) is 1.15. The van der Waals surface area contributed by atoms with Gasteiger partial charge in [-0.2, -0.15) is 0 Å². The maximum Gasteiger partial charge on any atom is 0.326 e. The summed E-state index contributed by atoms with van der Waals surface area (Å²) in [4.78, 5) is 23.6. The smallest absolute Gasteiger partial charge is 0.326 e. The molecule has 2 amide bonds. The van der Waals surface area contributed by atoms with E-state index in [1.165, 1.54) is 14.0 Å². The lowest BCUT2D eigenvalue weighted by molar-refractivity contribution is -0.141. The van der Waals surface area contributed by atoms with Gasteiger partial charge in [-0.1, -0.05) is 29.3 Å². The number of carboxylic acids is 1. The molecule has 0 fully saturated rings. The molecule has 98 valence electrons. The van der Waals surface area contributed by atoms with Crippen molar-refractivity contribution in [2.75, 3.05) is 12.4 Å². The number of urea groups is 1. The van der Waals surface area contributed by atoms with E-state index in [9.17, 15) is 9.59 Å². The number of anilines is 1. The molecule has 1 aromatic carbocycles. The average Bonchev–Trinajstić information content (AvgIpc) is 2.31. The normalized spacial score (nSPS) is 11.8. The van der Waals surface area contributed by atoms with Gasteiger partial charge in [0.1, 0.15) is 6.04 Å². The first-order chi connectivity index (χ1) is 8.34. The Hall–Kier alpha value is -1.46. The number of carbonyl (C=O) groups is 2. The van der Waals surface area contributed by atoms with Gasteiger partial charge in [0.15, 0.2) is 0 Å². The summed E-state index contributed by atoms with van der Waals surface area (Å²) in [5, 5.41) is 11.8. The lowest BCUT2D eigenvalue weighted by Gasteiger charge is -2.22. The number of carbonyl (C=O) groups excluding carboxylic acids is 1. The van der Waals surface area contributed by atoms with E-state index in [0.29, 0.717) is 0 Å². The van der Waals surface area contributed by atoms with Crippen LogP contribution in [0.25, 0.3) is 0 Å². The molecule has 0 spiro atoms. The highest BCUT2D eigenvalue weighted by Gasteiger charge is 2.22. The van der Waals surface area contributed by atoms with Gasteiger partial charge in [0.2, 0.25) is 0 Å². The summed E-state index contributed by atoms with van der Waals surface area (Å²) in [7, 11) is 1.37. The predicted molar refractivity (Wildman–Crippen MR) is 70.3 cm³/mol. The van der Waals surface area contributed by atoms with Crippen molar-refractivity contribution < 1.29 is 14.7 Å². The average molecular weight is 291 g/mol. The first kappa shape index (κ1) is 14.6. The monoisotopic (exact) mass is 290 g/mol. The van der Waals surface area contributed by atoms with E-state index in [-0.39, 0.29) is 15.7 Å². The summed E-state index contributed by atoms with van der Waals surface area (Å²) in [5.41, 5.74) is 0.260. The number of benzene rings is 1. The van der Waals surface area contributed by atoms with Gasteiger partial charge in [-0.05, 0) is 19.1 Å². The number of halogens is 2. The van der Waals surface area contributed by atoms with Crippen LogP contribution < -0.4 is 5.32 Å². The molecular weight excluding hydrogens is 279 g/mol. The van der Waals surface area contributed by atoms with Crippen LogP contribution in [0.2, 0.25) is 10.0 Å². The molecule has 1 rings (SSSR count). The summed E-state index contributed by atoms with van der Waals surface area (Å²) in [5.74, 6) is -1.10. The second kappa shape index (κ2) is 5.93. The molecular formula is C11H12Cl2N2O3. The minimum atomic E-state index is -1.10. The van der Waals surface area contributed by atoms with Crippen LogP contribution in [0.5, 0.6) is 0 Å². The molecule has 0 radical (unpaired) electrons. The molecule has 18 heavy (non-hydrogen) atoms. The van der Waals surface area contributed by atoms with Gasteiger partial charge < -0.3 is 15.3 Å². The van der Waals surface area contributed by atoms with Crippen molar-refractivity contribution in [3.63, 3.8) is 0 Å². The van der Waals surface area contributed by atoms with E-state index in [0.717, 1.165) is 4.90 Å². The Balaban J connectivity index is 2.85. The number of rotatable bonds is 3. The maximum atomic E-state index is 11.8. The third-order valence-electron chi connectivity index (χ3n) is 2.45. The maximum absolute atomic E-state index is 11.8. The van der Waals surface area contributed by atoms with E-state index < -0.39 is 18.0 Å². The van der Waals surface area contributed by atoms with Crippen LogP contribution >= 0.6 is 23.2 Å². The van der Waals surface area contributed by atoms with E-state index >= 15 is 0 Å². The van der Waals surface area contributed by atoms with Crippen molar-refractivity contribution in [1.29, 1.82) is 0 Å². The van der Waals surface area contributed by atoms with E-state index in [1.807, 2.05) is 0 Å². The fraction of sp³-hybridized carbons (Fsp3) is 0.273. The standard InChI is InChI=1S/C11H12Cl2N2O3/c1-6(10(16)17)15(2)11(18)14-9-7(12)4-3-5-8(9)13/h3-6H,1-2H3,(H,14,18)(H,16,17). The molecule has 0 bridgehead atoms. The highest BCUT2D eigenvalue weighted by atomic mass is 35.5. The second-order valence-corrected chi connectivity index (χ2v) is 4.47. The molecule has 0 saturated carbocycles. The molecule has 0 aliphatic heterocycles. The number of hydrogen-bond donors (Lipinski definition) is 2. The number of hydrogen-bond acceptors (Lipinski definition) is 2. The zero-order valence-electron chi connectivity index (χ0n) is 9.78. The fourth-order valence-corrected chi connectivity index (χ4v) is 1.65. The third-order valence-corrected chi connectivity index (χ3v) is 3.08. The SMILES string of the molecule is CC(C(=O)O)N(C)C(=O)Nc1c(Cl)cccc1Cl. The van der Waals surface area contributed by atoms with Gasteiger partial charge >= 0.3 is 12.0 Å². The number of nitrogens with zero attached hydrogens (tertiary/aromatic N) is 1. The van der Waals surface area contributed by atoms with E-state index in [2.05, 4.69) is 5.32 Å². The predicted octanol–water partition coefficient (Wildman–Crippen LogP) is 2.93. The van der Waals surface area contributed by atoms with Gasteiger partial charge in [0.25, 0.3) is 0 Å². The largest absolute Gasteiger partial charge is 0.480 e. The van der Waals surface area contributed by atoms with Gasteiger partial charge in [-0.3, -0.25) is 0 Å². The lowest BCUT2D eigenvalue weighted by Crippen LogP contribution is -2.42. The first-order valence-electron chi connectivity index (χ1n) is 5.05. The number of aliphatic carboxylic acids is 1. The topological polar surface area (TPSA) is 69.6 Å². The molecule has 1 unspecified atom stereocenters. The minimum absolute atomic E-state index is 0.260. The molecule has 1 atom stereocenters. The summed E-state index contributed by atoms with van der Waals surface area (Å²) < 4.78 is 0. The summed E-state index contributed by atoms with van der Waals surface area (Å²) in [6, 6.07) is 3.24. The Labute approximate surface area is 114 Å². The van der Waals surface area contributed by atoms with Gasteiger partial charge in [0, 0.05) is 7.05 Å². The lowest BCUT2D eigenvalue weighted by atomic mass is 10.3. The molecule has 0 heterocycles. The highest BCUT2D eigenvalue weighted by Crippen LogP contribution is 2.29. The number of nitrogens with one attached hydrogen (secondary N) is 1. The van der Waals surface area contributed by atoms with Crippen molar-refractivity contribution in [1.82, 2.24) is 4.90 Å². The molecule has 5 nitrogen and oxygen atoms in total. The summed E-state index contributed by atoms with van der Waals surface area (Å²) in [6.45, 7) is 1.40. The van der Waals surface area contributed by atoms with Crippen molar-refractivity contribution >= 4 is 40.9 Å². The molecule has 0 saturated heterocycles. The van der Waals surface area contributed by atoms with Gasteiger partial charge in [-0.15, -0.1) is 0 Å². The quantitative estimate of drug-likeness (QED) is 0.899. The molecule has 1 aromatic rings. The van der Waals surface area contributed by atoms with Crippen molar-refractivity contribution in [2.24, 2.45) is 0 Å². The molecule has 0 aliphatic rings. The van der Waals surface area contributed by atoms with Crippen LogP contribution in [0.3, 0.4) is 0 Å². The summed E-state index contributed by atoms with van der Waals surface area (Å²) in [6.07, 6.45) is 0. The third kappa shape index (κ3) is 3.27. The Morgan fingerprint density at radius 3 is 2.28 bits per heavy atom. The van der Waals surface area contributed by atoms with E-state index in [1.54, 1.807) is 18.2 Å². The zero-order valence-corrected chi connectivity index (χ0v) is 11.3. The van der Waals surface area contributed by atoms with Crippen LogP contribution in [0, 0.1) is 0 Å². The zero-order chi connectivity index (χ0) is 13.9. The number of amides is 2. The molecule has 7 heteroatoms. The Morgan fingerprint density at radius 2 is 1.83 bits per heavy atom. The number of likely N-dealkylation sites (N-methyl/N-ethyl adjacent to an activating group) is 1. The molecule has 0 aromatic heterocycles. The Kier molecular flexibility index (Phi) is 4.81. The van der Waals surface area contributed by atoms with Gasteiger partial charge in [0.05, 0.1) is 15.7 Å². The summed E-state index contributed by atoms with van der Waals surface area (Å²) >= 11 is 11.8. The van der Waals surface area contributed by atoms with Crippen LogP contribution in [-0.2, 0) is 4.79 Å². The highest BCUT2D eigenvalue weighted by molar-refractivity contribution is 6.39. The Bertz CT molecular complexity index is 459. The number of carboxylic acid groups (broad SMARTS) is 1. The minimum Gasteiger partial charge on any atom is -0.480 e. The van der Waals surface area contributed by atoms with Crippen molar-refractivity contribution in [2.45, 2.75) is 13.0 Å².